The molecule has 1 N–H and O–H groups in total. The molecule has 6 rings (SSSR count). The van der Waals surface area contributed by atoms with Crippen molar-refractivity contribution in [2.24, 2.45) is 0 Å². The maximum atomic E-state index is 12.7. The summed E-state index contributed by atoms with van der Waals surface area (Å²) in [5.74, 6) is 2.00. The van der Waals surface area contributed by atoms with Gasteiger partial charge in [0.25, 0.3) is 0 Å². The molecule has 2 aromatic carbocycles. The molecule has 0 spiro atoms. The molecular formula is C22H22N2O3. The number of fused-ring (bicyclic) bond motifs is 3. The zero-order chi connectivity index (χ0) is 18.2. The lowest BCUT2D eigenvalue weighted by Gasteiger charge is -2.54. The summed E-state index contributed by atoms with van der Waals surface area (Å²) < 4.78 is 12.3. The van der Waals surface area contributed by atoms with E-state index in [0.717, 1.165) is 43.0 Å². The smallest absolute Gasteiger partial charge is 0.223 e. The summed E-state index contributed by atoms with van der Waals surface area (Å²) in [7, 11) is 1.70. The number of methoxy groups -OCH3 is 1. The number of piperidine rings is 2. The van der Waals surface area contributed by atoms with Crippen LogP contribution in [0.3, 0.4) is 0 Å². The van der Waals surface area contributed by atoms with Crippen LogP contribution in [0, 0.1) is 0 Å². The van der Waals surface area contributed by atoms with Crippen molar-refractivity contribution >= 4 is 11.6 Å². The van der Waals surface area contributed by atoms with Crippen LogP contribution < -0.4 is 14.8 Å². The number of hydrogen-bond donors (Lipinski definition) is 1. The molecule has 4 aliphatic heterocycles. The third-order valence-electron chi connectivity index (χ3n) is 7.02. The van der Waals surface area contributed by atoms with Crippen LogP contribution in [0.2, 0.25) is 0 Å². The molecule has 2 fully saturated rings. The van der Waals surface area contributed by atoms with E-state index in [2.05, 4.69) is 40.5 Å². The van der Waals surface area contributed by atoms with Gasteiger partial charge in [-0.3, -0.25) is 4.79 Å². The van der Waals surface area contributed by atoms with Crippen LogP contribution in [-0.4, -0.2) is 36.2 Å². The van der Waals surface area contributed by atoms with Gasteiger partial charge in [-0.2, -0.15) is 0 Å². The van der Waals surface area contributed by atoms with E-state index in [9.17, 15) is 4.79 Å². The van der Waals surface area contributed by atoms with Crippen LogP contribution in [0.15, 0.2) is 42.5 Å². The number of para-hydroxylation sites is 1. The van der Waals surface area contributed by atoms with Gasteiger partial charge >= 0.3 is 0 Å². The van der Waals surface area contributed by atoms with Crippen LogP contribution in [-0.2, 0) is 10.2 Å². The summed E-state index contributed by atoms with van der Waals surface area (Å²) in [6, 6.07) is 14.6. The Morgan fingerprint density at radius 1 is 1.22 bits per heavy atom. The van der Waals surface area contributed by atoms with Gasteiger partial charge in [0.15, 0.2) is 0 Å². The first-order valence-electron chi connectivity index (χ1n) is 9.74. The number of nitrogens with zero attached hydrogens (tertiary/aromatic N) is 1. The molecule has 138 valence electrons. The van der Waals surface area contributed by atoms with Crippen molar-refractivity contribution in [3.05, 3.63) is 53.6 Å². The standard InChI is InChI=1S/C22H22N2O3/c1-26-14-9-10-18-16(13-14)21-11-12-24-19(7-4-8-20(24)25)22(21,27-18)23-17-6-3-2-5-15(17)21/h2-3,5-6,9-10,13,19,23H,4,7-8,11-12H2,1H3/t19-,21+,22-/m1/s1. The monoisotopic (exact) mass is 362 g/mol. The van der Waals surface area contributed by atoms with E-state index in [-0.39, 0.29) is 17.4 Å². The molecule has 27 heavy (non-hydrogen) atoms. The number of ether oxygens (including phenoxy) is 2. The molecule has 0 bridgehead atoms. The van der Waals surface area contributed by atoms with Crippen molar-refractivity contribution in [2.75, 3.05) is 19.0 Å². The van der Waals surface area contributed by atoms with E-state index in [1.54, 1.807) is 7.11 Å². The number of benzene rings is 2. The van der Waals surface area contributed by atoms with E-state index < -0.39 is 5.72 Å². The fraction of sp³-hybridized carbons (Fsp3) is 0.409. The lowest BCUT2D eigenvalue weighted by Crippen LogP contribution is -2.72. The van der Waals surface area contributed by atoms with Crippen molar-refractivity contribution < 1.29 is 14.3 Å². The summed E-state index contributed by atoms with van der Waals surface area (Å²) in [6.07, 6.45) is 3.37. The summed E-state index contributed by atoms with van der Waals surface area (Å²) in [4.78, 5) is 14.7. The zero-order valence-electron chi connectivity index (χ0n) is 15.3. The minimum absolute atomic E-state index is 0.0262. The number of nitrogens with one attached hydrogen (secondary N) is 1. The molecule has 0 unspecified atom stereocenters. The molecule has 5 heteroatoms. The van der Waals surface area contributed by atoms with Gasteiger partial charge < -0.3 is 19.7 Å². The Balaban J connectivity index is 1.64. The molecule has 0 aromatic heterocycles. The highest BCUT2D eigenvalue weighted by Crippen LogP contribution is 2.65. The van der Waals surface area contributed by atoms with Crippen molar-refractivity contribution in [3.63, 3.8) is 0 Å². The first kappa shape index (κ1) is 15.4. The van der Waals surface area contributed by atoms with Gasteiger partial charge in [0, 0.05) is 24.2 Å². The Morgan fingerprint density at radius 2 is 2.11 bits per heavy atom. The molecular weight excluding hydrogens is 340 g/mol. The predicted molar refractivity (Wildman–Crippen MR) is 101 cm³/mol. The third-order valence-corrected chi connectivity index (χ3v) is 7.02. The van der Waals surface area contributed by atoms with Gasteiger partial charge in [0.2, 0.25) is 11.6 Å². The second kappa shape index (κ2) is 4.97. The number of amides is 1. The molecule has 0 aliphatic carbocycles. The quantitative estimate of drug-likeness (QED) is 0.846. The van der Waals surface area contributed by atoms with E-state index in [4.69, 9.17) is 9.47 Å². The van der Waals surface area contributed by atoms with Crippen LogP contribution in [0.1, 0.15) is 36.8 Å². The van der Waals surface area contributed by atoms with Crippen LogP contribution in [0.25, 0.3) is 0 Å². The van der Waals surface area contributed by atoms with Crippen molar-refractivity contribution in [2.45, 2.75) is 42.9 Å². The first-order chi connectivity index (χ1) is 13.2. The normalized spacial score (nSPS) is 32.4. The van der Waals surface area contributed by atoms with E-state index in [1.807, 2.05) is 12.1 Å². The van der Waals surface area contributed by atoms with Crippen LogP contribution in [0.4, 0.5) is 5.69 Å². The van der Waals surface area contributed by atoms with Crippen LogP contribution >= 0.6 is 0 Å². The topological polar surface area (TPSA) is 50.8 Å². The Hall–Kier alpha value is -2.69. The van der Waals surface area contributed by atoms with Gasteiger partial charge in [-0.1, -0.05) is 18.2 Å². The Morgan fingerprint density at radius 3 is 3.00 bits per heavy atom. The molecule has 2 aromatic rings. The maximum Gasteiger partial charge on any atom is 0.223 e. The van der Waals surface area contributed by atoms with Gasteiger partial charge in [0.1, 0.15) is 11.5 Å². The van der Waals surface area contributed by atoms with E-state index >= 15 is 0 Å². The Bertz CT molecular complexity index is 974. The summed E-state index contributed by atoms with van der Waals surface area (Å²) in [5, 5.41) is 3.75. The van der Waals surface area contributed by atoms with Gasteiger partial charge in [-0.05, 0) is 49.1 Å². The number of carbonyl (C=O) groups excluding carboxylic acids is 1. The Labute approximate surface area is 158 Å². The molecule has 0 saturated carbocycles. The SMILES string of the molecule is COc1ccc2c(c1)[C@@]13CCN4C(=O)CCC[C@@H]4[C@@]1(Nc1ccccc13)O2. The van der Waals surface area contributed by atoms with Crippen LogP contribution in [0.5, 0.6) is 11.5 Å². The fourth-order valence-corrected chi connectivity index (χ4v) is 5.96. The number of carbonyl (C=O) groups is 1. The van der Waals surface area contributed by atoms with Gasteiger partial charge in [-0.25, -0.2) is 0 Å². The average Bonchev–Trinajstić information content (AvgIpc) is 3.15. The van der Waals surface area contributed by atoms with E-state index in [0.29, 0.717) is 6.42 Å². The highest BCUT2D eigenvalue weighted by atomic mass is 16.5. The molecule has 2 saturated heterocycles. The lowest BCUT2D eigenvalue weighted by atomic mass is 9.62. The number of anilines is 1. The highest BCUT2D eigenvalue weighted by Gasteiger charge is 2.72. The highest BCUT2D eigenvalue weighted by molar-refractivity contribution is 5.80. The maximum absolute atomic E-state index is 12.7. The zero-order valence-corrected chi connectivity index (χ0v) is 15.3. The molecule has 5 nitrogen and oxygen atoms in total. The minimum atomic E-state index is -0.639. The lowest BCUT2D eigenvalue weighted by molar-refractivity contribution is -0.150. The number of hydrogen-bond acceptors (Lipinski definition) is 4. The van der Waals surface area contributed by atoms with Crippen molar-refractivity contribution in [1.82, 2.24) is 4.90 Å². The molecule has 4 aliphatic rings. The predicted octanol–water partition coefficient (Wildman–Crippen LogP) is 3.28. The summed E-state index contributed by atoms with van der Waals surface area (Å²) in [5.41, 5.74) is 2.63. The van der Waals surface area contributed by atoms with Gasteiger partial charge in [0.05, 0.1) is 18.6 Å². The third kappa shape index (κ3) is 1.64. The second-order valence-corrected chi connectivity index (χ2v) is 8.02. The van der Waals surface area contributed by atoms with Gasteiger partial charge in [-0.15, -0.1) is 0 Å². The summed E-state index contributed by atoms with van der Waals surface area (Å²) in [6.45, 7) is 0.765. The van der Waals surface area contributed by atoms with Crippen molar-refractivity contribution in [1.29, 1.82) is 0 Å². The minimum Gasteiger partial charge on any atom is -0.497 e. The first-order valence-corrected chi connectivity index (χ1v) is 9.74. The molecule has 0 radical (unpaired) electrons. The summed E-state index contributed by atoms with van der Waals surface area (Å²) >= 11 is 0. The Kier molecular flexibility index (Phi) is 2.83. The average molecular weight is 362 g/mol. The second-order valence-electron chi connectivity index (χ2n) is 8.02. The largest absolute Gasteiger partial charge is 0.497 e. The molecule has 3 atom stereocenters. The van der Waals surface area contributed by atoms with Crippen molar-refractivity contribution in [3.8, 4) is 11.5 Å². The van der Waals surface area contributed by atoms with E-state index in [1.165, 1.54) is 11.1 Å². The number of rotatable bonds is 1. The fourth-order valence-electron chi connectivity index (χ4n) is 5.96. The molecule has 1 amide bonds. The molecule has 4 heterocycles.